The highest BCUT2D eigenvalue weighted by Gasteiger charge is 2.20. The summed E-state index contributed by atoms with van der Waals surface area (Å²) in [6, 6.07) is 0.813. The molecule has 0 radical (unpaired) electrons. The zero-order chi connectivity index (χ0) is 9.68. The van der Waals surface area contributed by atoms with Crippen molar-refractivity contribution in [2.24, 2.45) is 0 Å². The number of nitrogens with zero attached hydrogens (tertiary/aromatic N) is 2. The first-order valence-corrected chi connectivity index (χ1v) is 5.94. The number of piperidine rings is 1. The molecule has 0 bridgehead atoms. The van der Waals surface area contributed by atoms with Crippen LogP contribution in [0.2, 0.25) is 0 Å². The third kappa shape index (κ3) is 3.49. The van der Waals surface area contributed by atoms with Crippen molar-refractivity contribution in [3.05, 3.63) is 0 Å². The molecule has 0 N–H and O–H groups in total. The molecule has 3 heteroatoms. The lowest BCUT2D eigenvalue weighted by Gasteiger charge is -2.36. The van der Waals surface area contributed by atoms with Crippen LogP contribution in [-0.4, -0.2) is 54.8 Å². The molecule has 0 saturated carbocycles. The average molecular weight is 202 g/mol. The minimum atomic E-state index is 0.813. The van der Waals surface area contributed by atoms with Crippen molar-refractivity contribution >= 4 is 12.6 Å². The molecule has 13 heavy (non-hydrogen) atoms. The van der Waals surface area contributed by atoms with Crippen molar-refractivity contribution < 1.29 is 0 Å². The van der Waals surface area contributed by atoms with E-state index in [0.717, 1.165) is 18.3 Å². The predicted molar refractivity (Wildman–Crippen MR) is 61.6 cm³/mol. The van der Waals surface area contributed by atoms with Gasteiger partial charge in [-0.2, -0.15) is 12.6 Å². The Bertz CT molecular complexity index is 133. The van der Waals surface area contributed by atoms with E-state index in [2.05, 4.69) is 36.4 Å². The molecule has 1 heterocycles. The molecule has 1 rings (SSSR count). The Kier molecular flexibility index (Phi) is 5.14. The van der Waals surface area contributed by atoms with E-state index in [-0.39, 0.29) is 0 Å². The van der Waals surface area contributed by atoms with Crippen molar-refractivity contribution in [2.75, 3.05) is 39.0 Å². The summed E-state index contributed by atoms with van der Waals surface area (Å²) in [5, 5.41) is 0. The van der Waals surface area contributed by atoms with Crippen molar-refractivity contribution in [3.8, 4) is 0 Å². The highest BCUT2D eigenvalue weighted by atomic mass is 32.1. The summed E-state index contributed by atoms with van der Waals surface area (Å²) in [5.74, 6) is 0.986. The zero-order valence-electron chi connectivity index (χ0n) is 8.87. The Morgan fingerprint density at radius 3 is 2.46 bits per heavy atom. The van der Waals surface area contributed by atoms with Crippen LogP contribution < -0.4 is 0 Å². The second-order valence-corrected chi connectivity index (χ2v) is 4.33. The normalized spacial score (nSPS) is 21.2. The number of hydrogen-bond donors (Lipinski definition) is 1. The van der Waals surface area contributed by atoms with Gasteiger partial charge < -0.3 is 4.90 Å². The minimum Gasteiger partial charge on any atom is -0.306 e. The number of hydrogen-bond acceptors (Lipinski definition) is 3. The topological polar surface area (TPSA) is 6.48 Å². The smallest absolute Gasteiger partial charge is 0.0120 e. The van der Waals surface area contributed by atoms with Crippen molar-refractivity contribution in [2.45, 2.75) is 25.8 Å². The fourth-order valence-electron chi connectivity index (χ4n) is 2.09. The fraction of sp³-hybridized carbons (Fsp3) is 1.00. The van der Waals surface area contributed by atoms with Gasteiger partial charge in [-0.05, 0) is 39.5 Å². The SMILES string of the molecule is CCN(CCS)C1CCN(C)CC1. The molecule has 0 aromatic carbocycles. The van der Waals surface area contributed by atoms with Gasteiger partial charge in [-0.3, -0.25) is 4.90 Å². The van der Waals surface area contributed by atoms with Crippen LogP contribution in [0.1, 0.15) is 19.8 Å². The van der Waals surface area contributed by atoms with Crippen LogP contribution in [0.25, 0.3) is 0 Å². The first-order valence-electron chi connectivity index (χ1n) is 5.31. The van der Waals surface area contributed by atoms with Crippen LogP contribution in [-0.2, 0) is 0 Å². The van der Waals surface area contributed by atoms with Gasteiger partial charge in [0.15, 0.2) is 0 Å². The maximum absolute atomic E-state index is 4.30. The summed E-state index contributed by atoms with van der Waals surface area (Å²) >= 11 is 4.30. The Morgan fingerprint density at radius 1 is 1.38 bits per heavy atom. The molecule has 0 atom stereocenters. The maximum atomic E-state index is 4.30. The minimum absolute atomic E-state index is 0.813. The molecule has 78 valence electrons. The van der Waals surface area contributed by atoms with Crippen molar-refractivity contribution in [1.82, 2.24) is 9.80 Å². The number of likely N-dealkylation sites (tertiary alicyclic amines) is 1. The van der Waals surface area contributed by atoms with E-state index in [4.69, 9.17) is 0 Å². The molecule has 0 unspecified atom stereocenters. The number of thiol groups is 1. The molecule has 1 aliphatic heterocycles. The second-order valence-electron chi connectivity index (χ2n) is 3.89. The Balaban J connectivity index is 2.32. The van der Waals surface area contributed by atoms with Gasteiger partial charge in [-0.25, -0.2) is 0 Å². The van der Waals surface area contributed by atoms with Gasteiger partial charge >= 0.3 is 0 Å². The summed E-state index contributed by atoms with van der Waals surface area (Å²) in [4.78, 5) is 4.99. The van der Waals surface area contributed by atoms with Gasteiger partial charge in [0.1, 0.15) is 0 Å². The molecule has 0 aromatic heterocycles. The van der Waals surface area contributed by atoms with Crippen molar-refractivity contribution in [3.63, 3.8) is 0 Å². The quantitative estimate of drug-likeness (QED) is 0.687. The van der Waals surface area contributed by atoms with E-state index in [1.54, 1.807) is 0 Å². The molecule has 0 spiro atoms. The zero-order valence-corrected chi connectivity index (χ0v) is 9.76. The maximum Gasteiger partial charge on any atom is 0.0120 e. The van der Waals surface area contributed by atoms with E-state index >= 15 is 0 Å². The summed E-state index contributed by atoms with van der Waals surface area (Å²) in [6.45, 7) is 7.09. The third-order valence-electron chi connectivity index (χ3n) is 3.00. The monoisotopic (exact) mass is 202 g/mol. The Labute approximate surface area is 87.7 Å². The Morgan fingerprint density at radius 2 is 2.00 bits per heavy atom. The third-order valence-corrected chi connectivity index (χ3v) is 3.20. The molecule has 1 aliphatic rings. The molecule has 2 nitrogen and oxygen atoms in total. The lowest BCUT2D eigenvalue weighted by molar-refractivity contribution is 0.132. The fourth-order valence-corrected chi connectivity index (χ4v) is 2.34. The van der Waals surface area contributed by atoms with Crippen LogP contribution in [0.3, 0.4) is 0 Å². The summed E-state index contributed by atoms with van der Waals surface area (Å²) in [7, 11) is 2.21. The van der Waals surface area contributed by atoms with Crippen molar-refractivity contribution in [1.29, 1.82) is 0 Å². The largest absolute Gasteiger partial charge is 0.306 e. The van der Waals surface area contributed by atoms with Gasteiger partial charge in [0.25, 0.3) is 0 Å². The van der Waals surface area contributed by atoms with E-state index < -0.39 is 0 Å². The van der Waals surface area contributed by atoms with Crippen LogP contribution in [0, 0.1) is 0 Å². The summed E-state index contributed by atoms with van der Waals surface area (Å²) in [5.41, 5.74) is 0. The molecular formula is C10H22N2S. The molecule has 1 fully saturated rings. The van der Waals surface area contributed by atoms with E-state index in [9.17, 15) is 0 Å². The summed E-state index contributed by atoms with van der Waals surface area (Å²) in [6.07, 6.45) is 2.66. The van der Waals surface area contributed by atoms with Crippen LogP contribution in [0.15, 0.2) is 0 Å². The molecule has 0 aromatic rings. The second kappa shape index (κ2) is 5.89. The van der Waals surface area contributed by atoms with Crippen LogP contribution in [0.5, 0.6) is 0 Å². The molecule has 0 aliphatic carbocycles. The summed E-state index contributed by atoms with van der Waals surface area (Å²) < 4.78 is 0. The van der Waals surface area contributed by atoms with Crippen LogP contribution in [0.4, 0.5) is 0 Å². The van der Waals surface area contributed by atoms with Gasteiger partial charge in [-0.15, -0.1) is 0 Å². The molecule has 0 amide bonds. The highest BCUT2D eigenvalue weighted by molar-refractivity contribution is 7.80. The van der Waals surface area contributed by atoms with Gasteiger partial charge in [-0.1, -0.05) is 6.92 Å². The standard InChI is InChI=1S/C10H22N2S/c1-3-12(8-9-13)10-4-6-11(2)7-5-10/h10,13H,3-9H2,1-2H3. The van der Waals surface area contributed by atoms with Gasteiger partial charge in [0, 0.05) is 18.3 Å². The first kappa shape index (κ1) is 11.3. The average Bonchev–Trinajstić information content (AvgIpc) is 2.16. The Hall–Kier alpha value is 0.270. The predicted octanol–water partition coefficient (Wildman–Crippen LogP) is 1.33. The van der Waals surface area contributed by atoms with E-state index in [0.29, 0.717) is 0 Å². The first-order chi connectivity index (χ1) is 6.27. The van der Waals surface area contributed by atoms with E-state index in [1.807, 2.05) is 0 Å². The lowest BCUT2D eigenvalue weighted by atomic mass is 10.0. The van der Waals surface area contributed by atoms with Gasteiger partial charge in [0.05, 0.1) is 0 Å². The highest BCUT2D eigenvalue weighted by Crippen LogP contribution is 2.14. The van der Waals surface area contributed by atoms with Crippen LogP contribution >= 0.6 is 12.6 Å². The molecular weight excluding hydrogens is 180 g/mol. The lowest BCUT2D eigenvalue weighted by Crippen LogP contribution is -2.44. The van der Waals surface area contributed by atoms with E-state index in [1.165, 1.54) is 32.5 Å². The number of rotatable bonds is 4. The molecule has 1 saturated heterocycles. The van der Waals surface area contributed by atoms with Gasteiger partial charge in [0.2, 0.25) is 0 Å².